The lowest BCUT2D eigenvalue weighted by atomic mass is 10.0. The lowest BCUT2D eigenvalue weighted by Crippen LogP contribution is -2.02. The van der Waals surface area contributed by atoms with Crippen LogP contribution in [0.4, 0.5) is 11.5 Å². The third kappa shape index (κ3) is 4.12. The Morgan fingerprint density at radius 3 is 2.62 bits per heavy atom. The molecule has 0 aliphatic carbocycles. The molecule has 4 rings (SSSR count). The first-order valence-corrected chi connectivity index (χ1v) is 9.59. The van der Waals surface area contributed by atoms with E-state index in [1.807, 2.05) is 54.6 Å². The van der Waals surface area contributed by atoms with E-state index >= 15 is 0 Å². The van der Waals surface area contributed by atoms with E-state index in [1.54, 1.807) is 20.4 Å². The molecule has 1 aliphatic heterocycles. The van der Waals surface area contributed by atoms with Gasteiger partial charge in [0.2, 0.25) is 0 Å². The molecular weight excluding hydrogens is 388 g/mol. The fourth-order valence-electron chi connectivity index (χ4n) is 2.87. The van der Waals surface area contributed by atoms with Crippen molar-refractivity contribution in [2.75, 3.05) is 19.5 Å². The second-order valence-electron chi connectivity index (χ2n) is 6.13. The Morgan fingerprint density at radius 2 is 1.86 bits per heavy atom. The van der Waals surface area contributed by atoms with E-state index in [9.17, 15) is 4.79 Å². The van der Waals surface area contributed by atoms with Crippen LogP contribution in [0.15, 0.2) is 69.1 Å². The lowest BCUT2D eigenvalue weighted by molar-refractivity contribution is 0.414. The van der Waals surface area contributed by atoms with Crippen molar-refractivity contribution in [3.05, 3.63) is 74.2 Å². The number of aromatic amines is 1. The molecule has 2 aromatic carbocycles. The first-order chi connectivity index (χ1) is 14.2. The van der Waals surface area contributed by atoms with Crippen molar-refractivity contribution in [2.45, 2.75) is 0 Å². The van der Waals surface area contributed by atoms with Gasteiger partial charge >= 0.3 is 4.87 Å². The van der Waals surface area contributed by atoms with Crippen molar-refractivity contribution in [3.63, 3.8) is 0 Å². The van der Waals surface area contributed by atoms with E-state index in [1.165, 1.54) is 0 Å². The number of thiazole rings is 1. The Kier molecular flexibility index (Phi) is 5.26. The largest absolute Gasteiger partial charge is 0.497 e. The zero-order chi connectivity index (χ0) is 20.2. The molecule has 2 N–H and O–H groups in total. The van der Waals surface area contributed by atoms with E-state index in [-0.39, 0.29) is 4.87 Å². The van der Waals surface area contributed by atoms with Crippen LogP contribution >= 0.6 is 11.3 Å². The first-order valence-electron chi connectivity index (χ1n) is 8.78. The highest BCUT2D eigenvalue weighted by Crippen LogP contribution is 2.27. The Morgan fingerprint density at radius 1 is 1.07 bits per heavy atom. The molecule has 0 radical (unpaired) electrons. The number of H-pyrrole nitrogens is 1. The summed E-state index contributed by atoms with van der Waals surface area (Å²) in [7, 11) is 3.24. The van der Waals surface area contributed by atoms with Gasteiger partial charge in [-0.2, -0.15) is 5.10 Å². The average molecular weight is 406 g/mol. The molecule has 0 spiro atoms. The van der Waals surface area contributed by atoms with Crippen LogP contribution in [0.1, 0.15) is 10.4 Å². The fraction of sp³-hybridized carbons (Fsp3) is 0.0952. The molecule has 7 nitrogen and oxygen atoms in total. The molecule has 0 unspecified atom stereocenters. The number of allylic oxidation sites excluding steroid dienone is 1. The number of methoxy groups -OCH3 is 2. The molecule has 0 saturated carbocycles. The topological polar surface area (TPSA) is 88.1 Å². The van der Waals surface area contributed by atoms with E-state index in [0.717, 1.165) is 50.2 Å². The van der Waals surface area contributed by atoms with E-state index in [0.29, 0.717) is 5.82 Å². The molecule has 0 fully saturated rings. The second kappa shape index (κ2) is 8.15. The number of ether oxygens (including phenoxy) is 2. The molecule has 3 aromatic rings. The van der Waals surface area contributed by atoms with Crippen LogP contribution in [-0.4, -0.2) is 31.1 Å². The fourth-order valence-corrected chi connectivity index (χ4v) is 3.61. The Hall–Kier alpha value is -3.65. The van der Waals surface area contributed by atoms with Gasteiger partial charge in [-0.3, -0.25) is 9.78 Å². The van der Waals surface area contributed by atoms with Gasteiger partial charge in [-0.15, -0.1) is 5.10 Å². The van der Waals surface area contributed by atoms with Crippen molar-refractivity contribution < 1.29 is 9.47 Å². The molecule has 0 atom stereocenters. The van der Waals surface area contributed by atoms with Gasteiger partial charge in [-0.1, -0.05) is 17.4 Å². The van der Waals surface area contributed by atoms with Crippen molar-refractivity contribution in [3.8, 4) is 11.5 Å². The predicted octanol–water partition coefficient (Wildman–Crippen LogP) is 4.07. The van der Waals surface area contributed by atoms with Gasteiger partial charge in [0.25, 0.3) is 0 Å². The van der Waals surface area contributed by atoms with E-state index in [4.69, 9.17) is 9.47 Å². The lowest BCUT2D eigenvalue weighted by Gasteiger charge is -2.08. The normalized spacial score (nSPS) is 14.1. The summed E-state index contributed by atoms with van der Waals surface area (Å²) in [6.45, 7) is 0. The minimum atomic E-state index is -0.153. The summed E-state index contributed by atoms with van der Waals surface area (Å²) in [4.78, 5) is 15.5. The Balaban J connectivity index is 1.64. The first kappa shape index (κ1) is 18.7. The van der Waals surface area contributed by atoms with Gasteiger partial charge < -0.3 is 14.8 Å². The van der Waals surface area contributed by atoms with Crippen LogP contribution in [0.25, 0.3) is 6.08 Å². The van der Waals surface area contributed by atoms with Crippen molar-refractivity contribution in [2.24, 2.45) is 10.2 Å². The highest BCUT2D eigenvalue weighted by atomic mass is 32.1. The predicted molar refractivity (Wildman–Crippen MR) is 117 cm³/mol. The zero-order valence-corrected chi connectivity index (χ0v) is 16.6. The number of benzene rings is 2. The third-order valence-corrected chi connectivity index (χ3v) is 5.12. The molecule has 29 heavy (non-hydrogen) atoms. The molecule has 0 saturated heterocycles. The van der Waals surface area contributed by atoms with Crippen LogP contribution in [0.5, 0.6) is 11.5 Å². The Labute approximate surface area is 171 Å². The molecule has 0 amide bonds. The summed E-state index contributed by atoms with van der Waals surface area (Å²) >= 11 is 1.12. The quantitative estimate of drug-likeness (QED) is 0.646. The van der Waals surface area contributed by atoms with Crippen molar-refractivity contribution in [1.82, 2.24) is 4.98 Å². The number of hydrogen-bond acceptors (Lipinski definition) is 7. The van der Waals surface area contributed by atoms with Crippen LogP contribution in [0.2, 0.25) is 0 Å². The maximum atomic E-state index is 12.0. The van der Waals surface area contributed by atoms with Gasteiger partial charge in [0.1, 0.15) is 23.0 Å². The van der Waals surface area contributed by atoms with E-state index in [2.05, 4.69) is 20.5 Å². The van der Waals surface area contributed by atoms with Gasteiger partial charge in [-0.25, -0.2) is 0 Å². The maximum Gasteiger partial charge on any atom is 0.306 e. The van der Waals surface area contributed by atoms with Gasteiger partial charge in [0.05, 0.1) is 25.3 Å². The average Bonchev–Trinajstić information content (AvgIpc) is 3.34. The highest BCUT2D eigenvalue weighted by Gasteiger charge is 2.16. The third-order valence-electron chi connectivity index (χ3n) is 4.29. The van der Waals surface area contributed by atoms with E-state index < -0.39 is 0 Å². The summed E-state index contributed by atoms with van der Waals surface area (Å²) < 4.78 is 10.5. The molecule has 1 aliphatic rings. The van der Waals surface area contributed by atoms with Crippen molar-refractivity contribution >= 4 is 40.8 Å². The standard InChI is InChI=1S/C21H18N4O3S/c1-27-16-8-6-13(7-9-16)19-14(12-22-25-19)10-18-20(24-21(26)29-18)23-15-4-3-5-17(11-15)28-2/h3-12,23H,1-2H3,(H,24,26)/b14-10+. The second-order valence-corrected chi connectivity index (χ2v) is 7.15. The monoisotopic (exact) mass is 406 g/mol. The van der Waals surface area contributed by atoms with Crippen LogP contribution in [-0.2, 0) is 0 Å². The minimum Gasteiger partial charge on any atom is -0.497 e. The number of nitrogens with zero attached hydrogens (tertiary/aromatic N) is 2. The number of aromatic nitrogens is 1. The zero-order valence-electron chi connectivity index (χ0n) is 15.8. The van der Waals surface area contributed by atoms with Crippen molar-refractivity contribution in [1.29, 1.82) is 0 Å². The summed E-state index contributed by atoms with van der Waals surface area (Å²) in [5, 5.41) is 11.5. The maximum absolute atomic E-state index is 12.0. The molecule has 1 aromatic heterocycles. The summed E-state index contributed by atoms with van der Waals surface area (Å²) in [6.07, 6.45) is 3.57. The van der Waals surface area contributed by atoms with Crippen LogP contribution in [0.3, 0.4) is 0 Å². The van der Waals surface area contributed by atoms with Gasteiger partial charge in [-0.05, 0) is 42.5 Å². The highest BCUT2D eigenvalue weighted by molar-refractivity contribution is 7.10. The van der Waals surface area contributed by atoms with Gasteiger partial charge in [0.15, 0.2) is 0 Å². The van der Waals surface area contributed by atoms with Gasteiger partial charge in [0, 0.05) is 22.9 Å². The molecular formula is C21H18N4O3S. The molecule has 0 bridgehead atoms. The number of rotatable bonds is 6. The molecule has 2 heterocycles. The SMILES string of the molecule is COc1ccc(C2=NN=C/C2=C\c2sc(=O)[nH]c2Nc2cccc(OC)c2)cc1. The van der Waals surface area contributed by atoms with Crippen LogP contribution in [0, 0.1) is 0 Å². The number of anilines is 2. The minimum absolute atomic E-state index is 0.153. The number of hydrogen-bond donors (Lipinski definition) is 2. The number of nitrogens with one attached hydrogen (secondary N) is 2. The summed E-state index contributed by atoms with van der Waals surface area (Å²) in [5.74, 6) is 2.10. The Bertz CT molecular complexity index is 1170. The summed E-state index contributed by atoms with van der Waals surface area (Å²) in [6, 6.07) is 15.1. The molecule has 146 valence electrons. The smallest absolute Gasteiger partial charge is 0.306 e. The summed E-state index contributed by atoms with van der Waals surface area (Å²) in [5.41, 5.74) is 3.28. The molecule has 8 heteroatoms. The van der Waals surface area contributed by atoms with Crippen LogP contribution < -0.4 is 19.7 Å².